The highest BCUT2D eigenvalue weighted by molar-refractivity contribution is 7.11. The number of rotatable bonds is 9. The lowest BCUT2D eigenvalue weighted by molar-refractivity contribution is 0.0320. The third kappa shape index (κ3) is 6.65. The first-order valence-corrected chi connectivity index (χ1v) is 11.4. The van der Waals surface area contributed by atoms with Gasteiger partial charge in [-0.1, -0.05) is 30.7 Å². The number of aromatic nitrogens is 1. The summed E-state index contributed by atoms with van der Waals surface area (Å²) in [5, 5.41) is 15.2. The molecule has 2 amide bonds. The molecule has 1 fully saturated rings. The van der Waals surface area contributed by atoms with Gasteiger partial charge in [-0.3, -0.25) is 10.2 Å². The van der Waals surface area contributed by atoms with Crippen LogP contribution < -0.4 is 15.4 Å². The van der Waals surface area contributed by atoms with Gasteiger partial charge in [0.25, 0.3) is 0 Å². The Morgan fingerprint density at radius 2 is 2.06 bits per heavy atom. The Hall–Kier alpha value is -2.69. The van der Waals surface area contributed by atoms with Crippen LogP contribution in [0.4, 0.5) is 9.80 Å². The minimum Gasteiger partial charge on any atom is -0.477 e. The van der Waals surface area contributed by atoms with E-state index in [-0.39, 0.29) is 29.0 Å². The van der Waals surface area contributed by atoms with Crippen LogP contribution in [0.2, 0.25) is 0 Å². The molecule has 10 heteroatoms. The summed E-state index contributed by atoms with van der Waals surface area (Å²) in [6, 6.07) is 5.49. The summed E-state index contributed by atoms with van der Waals surface area (Å²) < 4.78 is 15.1. The Labute approximate surface area is 191 Å². The summed E-state index contributed by atoms with van der Waals surface area (Å²) in [5.74, 6) is -0.959. The zero-order valence-corrected chi connectivity index (χ0v) is 19.5. The molecule has 9 nitrogen and oxygen atoms in total. The van der Waals surface area contributed by atoms with Crippen molar-refractivity contribution in [3.63, 3.8) is 0 Å². The molecule has 0 radical (unpaired) electrons. The lowest BCUT2D eigenvalue weighted by Crippen LogP contribution is -2.42. The first-order chi connectivity index (χ1) is 15.3. The molecule has 1 atom stereocenters. The average Bonchev–Trinajstić information content (AvgIpc) is 3.15. The Bertz CT molecular complexity index is 942. The smallest absolute Gasteiger partial charge is 0.344 e. The fourth-order valence-corrected chi connectivity index (χ4v) is 4.23. The number of carbonyl (C=O) groups is 2. The molecule has 1 aromatic carbocycles. The van der Waals surface area contributed by atoms with Crippen molar-refractivity contribution >= 4 is 28.5 Å². The highest BCUT2D eigenvalue weighted by Gasteiger charge is 2.24. The Morgan fingerprint density at radius 3 is 2.75 bits per heavy atom. The highest BCUT2D eigenvalue weighted by Crippen LogP contribution is 2.31. The van der Waals surface area contributed by atoms with E-state index in [2.05, 4.69) is 26.8 Å². The van der Waals surface area contributed by atoms with Crippen molar-refractivity contribution < 1.29 is 24.2 Å². The summed E-state index contributed by atoms with van der Waals surface area (Å²) in [4.78, 5) is 26.4. The Morgan fingerprint density at radius 1 is 1.31 bits per heavy atom. The van der Waals surface area contributed by atoms with Crippen LogP contribution in [0.1, 0.15) is 34.0 Å². The maximum atomic E-state index is 12.3. The van der Waals surface area contributed by atoms with E-state index in [0.29, 0.717) is 6.54 Å². The molecule has 3 N–H and O–H groups in total. The quantitative estimate of drug-likeness (QED) is 0.525. The Balaban J connectivity index is 1.54. The summed E-state index contributed by atoms with van der Waals surface area (Å²) >= 11 is 0.887. The molecule has 0 saturated carbocycles. The van der Waals surface area contributed by atoms with Gasteiger partial charge in [0.15, 0.2) is 5.56 Å². The van der Waals surface area contributed by atoms with Crippen molar-refractivity contribution in [1.29, 1.82) is 0 Å². The van der Waals surface area contributed by atoms with Gasteiger partial charge in [-0.2, -0.15) is 4.37 Å². The number of hydrogen-bond donors (Lipinski definition) is 3. The maximum absolute atomic E-state index is 12.3. The van der Waals surface area contributed by atoms with Crippen molar-refractivity contribution in [1.82, 2.24) is 14.6 Å². The van der Waals surface area contributed by atoms with Gasteiger partial charge in [-0.25, -0.2) is 9.59 Å². The number of nitrogens with zero attached hydrogens (tertiary/aromatic N) is 2. The second-order valence-corrected chi connectivity index (χ2v) is 8.84. The zero-order valence-electron chi connectivity index (χ0n) is 18.6. The number of nitrogens with one attached hydrogen (secondary N) is 2. The van der Waals surface area contributed by atoms with Crippen LogP contribution in [0.5, 0.6) is 5.88 Å². The van der Waals surface area contributed by atoms with Gasteiger partial charge in [-0.15, -0.1) is 0 Å². The number of morpholine rings is 1. The number of ether oxygens (including phenoxy) is 2. The number of aryl methyl sites for hydroxylation is 2. The average molecular weight is 463 g/mol. The molecule has 3 rings (SSSR count). The number of aromatic carboxylic acids is 1. The number of urea groups is 1. The molecular formula is C22H30N4O5S. The number of anilines is 1. The van der Waals surface area contributed by atoms with E-state index in [0.717, 1.165) is 61.1 Å². The predicted octanol–water partition coefficient (Wildman–Crippen LogP) is 3.13. The molecule has 2 heterocycles. The van der Waals surface area contributed by atoms with E-state index in [4.69, 9.17) is 9.47 Å². The first kappa shape index (κ1) is 24.0. The molecule has 1 unspecified atom stereocenters. The van der Waals surface area contributed by atoms with Crippen LogP contribution in [0, 0.1) is 19.8 Å². The number of carbonyl (C=O) groups excluding carboxylic acids is 1. The Kier molecular flexibility index (Phi) is 8.43. The van der Waals surface area contributed by atoms with E-state index in [1.807, 2.05) is 32.0 Å². The topological polar surface area (TPSA) is 113 Å². The molecule has 1 aliphatic rings. The number of carboxylic acids is 1. The van der Waals surface area contributed by atoms with Crippen LogP contribution >= 0.6 is 11.5 Å². The van der Waals surface area contributed by atoms with Gasteiger partial charge >= 0.3 is 12.0 Å². The lowest BCUT2D eigenvalue weighted by Gasteiger charge is -2.29. The second kappa shape index (κ2) is 11.3. The number of carboxylic acid groups (broad SMARTS) is 1. The minimum absolute atomic E-state index is 0.00143. The van der Waals surface area contributed by atoms with Gasteiger partial charge in [0.2, 0.25) is 5.88 Å². The van der Waals surface area contributed by atoms with E-state index in [9.17, 15) is 14.7 Å². The van der Waals surface area contributed by atoms with Crippen molar-refractivity contribution in [2.75, 3.05) is 44.7 Å². The lowest BCUT2D eigenvalue weighted by atomic mass is 10.1. The third-order valence-electron chi connectivity index (χ3n) is 5.25. The predicted molar refractivity (Wildman–Crippen MR) is 123 cm³/mol. The molecule has 0 bridgehead atoms. The molecule has 1 aromatic heterocycles. The fourth-order valence-electron chi connectivity index (χ4n) is 3.51. The van der Waals surface area contributed by atoms with Gasteiger partial charge < -0.3 is 19.9 Å². The van der Waals surface area contributed by atoms with Crippen molar-refractivity contribution in [2.24, 2.45) is 5.92 Å². The van der Waals surface area contributed by atoms with Crippen molar-refractivity contribution in [2.45, 2.75) is 27.4 Å². The van der Waals surface area contributed by atoms with E-state index < -0.39 is 12.0 Å². The summed E-state index contributed by atoms with van der Waals surface area (Å²) in [6.07, 6.45) is 0. The molecule has 2 aromatic rings. The standard InChI is InChI=1S/C22H30N4O5S/c1-14-4-5-17(16(3)10-14)13-31-19-18(21(27)28)20(32-25-19)24-22(29)23-11-15(2)12-26-6-8-30-9-7-26/h4-5,10,15H,6-9,11-13H2,1-3H3,(H,27,28)(H2,23,24,29). The van der Waals surface area contributed by atoms with Gasteiger partial charge in [-0.05, 0) is 42.4 Å². The number of hydrogen-bond acceptors (Lipinski definition) is 7. The van der Waals surface area contributed by atoms with E-state index in [1.54, 1.807) is 0 Å². The summed E-state index contributed by atoms with van der Waals surface area (Å²) in [7, 11) is 0. The SMILES string of the molecule is Cc1ccc(COc2nsc(NC(=O)NCC(C)CN3CCOCC3)c2C(=O)O)c(C)c1. The van der Waals surface area contributed by atoms with Gasteiger partial charge in [0, 0.05) is 26.2 Å². The van der Waals surface area contributed by atoms with Gasteiger partial charge in [0.05, 0.1) is 13.2 Å². The van der Waals surface area contributed by atoms with Crippen LogP contribution in [0.15, 0.2) is 18.2 Å². The molecule has 1 saturated heterocycles. The van der Waals surface area contributed by atoms with Crippen LogP contribution in [-0.4, -0.2) is 65.8 Å². The minimum atomic E-state index is -1.20. The van der Waals surface area contributed by atoms with Gasteiger partial charge in [0.1, 0.15) is 11.6 Å². The molecule has 0 spiro atoms. The van der Waals surface area contributed by atoms with Crippen molar-refractivity contribution in [3.05, 3.63) is 40.5 Å². The molecular weight excluding hydrogens is 432 g/mol. The molecule has 1 aliphatic heterocycles. The third-order valence-corrected chi connectivity index (χ3v) is 5.99. The molecule has 0 aliphatic carbocycles. The second-order valence-electron chi connectivity index (χ2n) is 8.07. The molecule has 32 heavy (non-hydrogen) atoms. The van der Waals surface area contributed by atoms with Crippen LogP contribution in [-0.2, 0) is 11.3 Å². The normalized spacial score (nSPS) is 15.2. The van der Waals surface area contributed by atoms with E-state index in [1.165, 1.54) is 0 Å². The summed E-state index contributed by atoms with van der Waals surface area (Å²) in [6.45, 7) is 10.8. The van der Waals surface area contributed by atoms with Crippen LogP contribution in [0.25, 0.3) is 0 Å². The number of amides is 2. The monoisotopic (exact) mass is 462 g/mol. The molecule has 174 valence electrons. The highest BCUT2D eigenvalue weighted by atomic mass is 32.1. The fraction of sp³-hybridized carbons (Fsp3) is 0.500. The first-order valence-electron chi connectivity index (χ1n) is 10.6. The van der Waals surface area contributed by atoms with Crippen LogP contribution in [0.3, 0.4) is 0 Å². The number of benzene rings is 1. The van der Waals surface area contributed by atoms with E-state index >= 15 is 0 Å². The maximum Gasteiger partial charge on any atom is 0.344 e. The zero-order chi connectivity index (χ0) is 23.1. The van der Waals surface area contributed by atoms with Crippen molar-refractivity contribution in [3.8, 4) is 5.88 Å². The summed E-state index contributed by atoms with van der Waals surface area (Å²) in [5.41, 5.74) is 3.00. The largest absolute Gasteiger partial charge is 0.477 e.